The highest BCUT2D eigenvalue weighted by Crippen LogP contribution is 2.30. The highest BCUT2D eigenvalue weighted by molar-refractivity contribution is 5.74. The Morgan fingerprint density at radius 2 is 2.00 bits per heavy atom. The molecule has 0 aliphatic heterocycles. The third kappa shape index (κ3) is 3.85. The van der Waals surface area contributed by atoms with Gasteiger partial charge in [-0.25, -0.2) is 0 Å². The van der Waals surface area contributed by atoms with E-state index in [4.69, 9.17) is 0 Å². The van der Waals surface area contributed by atoms with E-state index in [0.717, 1.165) is 0 Å². The summed E-state index contributed by atoms with van der Waals surface area (Å²) in [6.07, 6.45) is -5.02. The molecule has 0 aliphatic rings. The Kier molecular flexibility index (Phi) is 3.35. The summed E-state index contributed by atoms with van der Waals surface area (Å²) >= 11 is 0. The van der Waals surface area contributed by atoms with Crippen molar-refractivity contribution in [2.45, 2.75) is 25.9 Å². The predicted octanol–water partition coefficient (Wildman–Crippen LogP) is 1.45. The van der Waals surface area contributed by atoms with Crippen molar-refractivity contribution in [1.29, 1.82) is 0 Å². The van der Waals surface area contributed by atoms with Gasteiger partial charge in [0.2, 0.25) is 5.91 Å². The number of rotatable bonds is 3. The predicted molar refractivity (Wildman–Crippen MR) is 33.6 cm³/mol. The normalized spacial score (nSPS) is 14.5. The fourth-order valence-corrected chi connectivity index (χ4v) is 0.734. The topological polar surface area (TPSA) is 43.1 Å². The minimum absolute atomic E-state index is 0.105. The lowest BCUT2D eigenvalue weighted by Crippen LogP contribution is -2.27. The van der Waals surface area contributed by atoms with Gasteiger partial charge in [-0.2, -0.15) is 13.2 Å². The number of primary amides is 1. The van der Waals surface area contributed by atoms with Gasteiger partial charge in [-0.05, 0) is 6.42 Å². The van der Waals surface area contributed by atoms with Crippen molar-refractivity contribution in [3.05, 3.63) is 0 Å². The first-order valence-electron chi connectivity index (χ1n) is 3.23. The Morgan fingerprint density at radius 1 is 1.55 bits per heavy atom. The van der Waals surface area contributed by atoms with Crippen LogP contribution in [0.1, 0.15) is 19.8 Å². The fraction of sp³-hybridized carbons (Fsp3) is 0.833. The maximum Gasteiger partial charge on any atom is 0.392 e. The molecule has 0 aromatic rings. The fourth-order valence-electron chi connectivity index (χ4n) is 0.734. The van der Waals surface area contributed by atoms with E-state index < -0.39 is 24.4 Å². The molecule has 0 aromatic heterocycles. The zero-order chi connectivity index (χ0) is 9.07. The molecule has 1 atom stereocenters. The lowest BCUT2D eigenvalue weighted by molar-refractivity contribution is -0.179. The molecule has 0 saturated carbocycles. The molecule has 0 heterocycles. The maximum absolute atomic E-state index is 11.9. The van der Waals surface area contributed by atoms with Crippen LogP contribution in [0.5, 0.6) is 0 Å². The Labute approximate surface area is 62.6 Å². The van der Waals surface area contributed by atoms with E-state index in [1.807, 2.05) is 0 Å². The van der Waals surface area contributed by atoms with Gasteiger partial charge >= 0.3 is 6.18 Å². The molecular formula is C6H10F3NO. The molecule has 0 radical (unpaired) electrons. The van der Waals surface area contributed by atoms with Gasteiger partial charge in [-0.3, -0.25) is 4.79 Å². The zero-order valence-corrected chi connectivity index (χ0v) is 6.11. The molecule has 0 bridgehead atoms. The summed E-state index contributed by atoms with van der Waals surface area (Å²) in [5.74, 6) is -2.49. The van der Waals surface area contributed by atoms with Gasteiger partial charge in [-0.15, -0.1) is 0 Å². The average molecular weight is 169 g/mol. The molecule has 5 heteroatoms. The van der Waals surface area contributed by atoms with Crippen LogP contribution in [0.25, 0.3) is 0 Å². The lowest BCUT2D eigenvalue weighted by atomic mass is 10.0. The van der Waals surface area contributed by atoms with Crippen LogP contribution >= 0.6 is 0 Å². The molecule has 1 amide bonds. The molecule has 2 N–H and O–H groups in total. The highest BCUT2D eigenvalue weighted by atomic mass is 19.4. The van der Waals surface area contributed by atoms with Crippen molar-refractivity contribution in [2.75, 3.05) is 0 Å². The second kappa shape index (κ2) is 3.59. The maximum atomic E-state index is 11.9. The lowest BCUT2D eigenvalue weighted by Gasteiger charge is -2.16. The monoisotopic (exact) mass is 169 g/mol. The van der Waals surface area contributed by atoms with Crippen molar-refractivity contribution < 1.29 is 18.0 Å². The molecule has 0 aliphatic carbocycles. The van der Waals surface area contributed by atoms with E-state index >= 15 is 0 Å². The van der Waals surface area contributed by atoms with E-state index in [-0.39, 0.29) is 6.42 Å². The van der Waals surface area contributed by atoms with E-state index in [2.05, 4.69) is 5.73 Å². The van der Waals surface area contributed by atoms with Crippen molar-refractivity contribution >= 4 is 5.91 Å². The van der Waals surface area contributed by atoms with Gasteiger partial charge < -0.3 is 5.73 Å². The molecule has 0 aromatic carbocycles. The Bertz CT molecular complexity index is 143. The van der Waals surface area contributed by atoms with E-state index in [1.165, 1.54) is 6.92 Å². The number of alkyl halides is 3. The molecule has 0 spiro atoms. The average Bonchev–Trinajstić information content (AvgIpc) is 1.79. The highest BCUT2D eigenvalue weighted by Gasteiger charge is 2.38. The first-order chi connectivity index (χ1) is 4.88. The van der Waals surface area contributed by atoms with Gasteiger partial charge in [-0.1, -0.05) is 6.92 Å². The number of nitrogens with two attached hydrogens (primary N) is 1. The Morgan fingerprint density at radius 3 is 2.09 bits per heavy atom. The van der Waals surface area contributed by atoms with Crippen LogP contribution in [0.2, 0.25) is 0 Å². The zero-order valence-electron chi connectivity index (χ0n) is 6.11. The number of carbonyl (C=O) groups is 1. The van der Waals surface area contributed by atoms with Crippen LogP contribution in [0, 0.1) is 5.92 Å². The molecule has 11 heavy (non-hydrogen) atoms. The third-order valence-corrected chi connectivity index (χ3v) is 1.40. The van der Waals surface area contributed by atoms with Crippen molar-refractivity contribution in [1.82, 2.24) is 0 Å². The Hall–Kier alpha value is -0.740. The second-order valence-corrected chi connectivity index (χ2v) is 2.32. The van der Waals surface area contributed by atoms with Crippen molar-refractivity contribution in [3.63, 3.8) is 0 Å². The summed E-state index contributed by atoms with van der Waals surface area (Å²) in [5.41, 5.74) is 4.63. The van der Waals surface area contributed by atoms with E-state index in [1.54, 1.807) is 0 Å². The summed E-state index contributed by atoms with van der Waals surface area (Å²) in [7, 11) is 0. The van der Waals surface area contributed by atoms with E-state index in [9.17, 15) is 18.0 Å². The van der Waals surface area contributed by atoms with Gasteiger partial charge in [0.15, 0.2) is 0 Å². The molecular weight excluding hydrogens is 159 g/mol. The largest absolute Gasteiger partial charge is 0.392 e. The number of hydrogen-bond acceptors (Lipinski definition) is 1. The SMILES string of the molecule is CCC(CC(N)=O)C(F)(F)F. The quantitative estimate of drug-likeness (QED) is 0.682. The van der Waals surface area contributed by atoms with Gasteiger partial charge in [0.25, 0.3) is 0 Å². The number of amides is 1. The van der Waals surface area contributed by atoms with Crippen LogP contribution < -0.4 is 5.73 Å². The smallest absolute Gasteiger partial charge is 0.370 e. The van der Waals surface area contributed by atoms with Crippen LogP contribution in [-0.2, 0) is 4.79 Å². The Balaban J connectivity index is 4.07. The number of halogens is 3. The first-order valence-corrected chi connectivity index (χ1v) is 3.23. The minimum atomic E-state index is -4.30. The summed E-state index contributed by atoms with van der Waals surface area (Å²) < 4.78 is 35.6. The first kappa shape index (κ1) is 10.3. The molecule has 0 rings (SSSR count). The van der Waals surface area contributed by atoms with Crippen LogP contribution in [0.15, 0.2) is 0 Å². The van der Waals surface area contributed by atoms with Crippen molar-refractivity contribution in [2.24, 2.45) is 11.7 Å². The molecule has 66 valence electrons. The van der Waals surface area contributed by atoms with Crippen molar-refractivity contribution in [3.8, 4) is 0 Å². The van der Waals surface area contributed by atoms with Gasteiger partial charge in [0, 0.05) is 6.42 Å². The summed E-state index contributed by atoms with van der Waals surface area (Å²) in [5, 5.41) is 0. The van der Waals surface area contributed by atoms with Crippen LogP contribution in [-0.4, -0.2) is 12.1 Å². The summed E-state index contributed by atoms with van der Waals surface area (Å²) in [4.78, 5) is 10.1. The standard InChI is InChI=1S/C6H10F3NO/c1-2-4(3-5(10)11)6(7,8)9/h4H,2-3H2,1H3,(H2,10,11). The van der Waals surface area contributed by atoms with Crippen LogP contribution in [0.4, 0.5) is 13.2 Å². The van der Waals surface area contributed by atoms with Gasteiger partial charge in [0.1, 0.15) is 0 Å². The number of carbonyl (C=O) groups excluding carboxylic acids is 1. The van der Waals surface area contributed by atoms with Crippen LogP contribution in [0.3, 0.4) is 0 Å². The summed E-state index contributed by atoms with van der Waals surface area (Å²) in [6.45, 7) is 1.38. The second-order valence-electron chi connectivity index (χ2n) is 2.32. The molecule has 0 saturated heterocycles. The molecule has 2 nitrogen and oxygen atoms in total. The molecule has 1 unspecified atom stereocenters. The van der Waals surface area contributed by atoms with E-state index in [0.29, 0.717) is 0 Å². The third-order valence-electron chi connectivity index (χ3n) is 1.40. The minimum Gasteiger partial charge on any atom is -0.370 e. The summed E-state index contributed by atoms with van der Waals surface area (Å²) in [6, 6.07) is 0. The molecule has 0 fully saturated rings. The number of hydrogen-bond donors (Lipinski definition) is 1. The van der Waals surface area contributed by atoms with Gasteiger partial charge in [0.05, 0.1) is 5.92 Å².